The molecule has 1 aliphatic heterocycles. The van der Waals surface area contributed by atoms with Crippen molar-refractivity contribution in [3.05, 3.63) is 48.6 Å². The van der Waals surface area contributed by atoms with Gasteiger partial charge in [-0.2, -0.15) is 0 Å². The zero-order chi connectivity index (χ0) is 14.4. The number of allylic oxidation sites excluding steroid dienone is 1. The first-order chi connectivity index (χ1) is 9.63. The fourth-order valence-electron chi connectivity index (χ4n) is 2.80. The molecule has 1 heterocycles. The van der Waals surface area contributed by atoms with Gasteiger partial charge in [-0.15, -0.1) is 6.58 Å². The van der Waals surface area contributed by atoms with Gasteiger partial charge in [-0.25, -0.2) is 4.79 Å². The average molecular weight is 273 g/mol. The van der Waals surface area contributed by atoms with Crippen LogP contribution in [0.2, 0.25) is 0 Å². The summed E-state index contributed by atoms with van der Waals surface area (Å²) in [5.41, 5.74) is 1.16. The number of piperidine rings is 1. The monoisotopic (exact) mass is 273 g/mol. The van der Waals surface area contributed by atoms with Gasteiger partial charge >= 0.3 is 6.09 Å². The summed E-state index contributed by atoms with van der Waals surface area (Å²) in [6, 6.07) is 9.78. The van der Waals surface area contributed by atoms with Gasteiger partial charge in [0.2, 0.25) is 0 Å². The molecule has 3 heteroatoms. The standard InChI is InChI=1S/C17H23NO2/c1-3-10-17(2)11-7-12-18(14-17)16(19)20-13-15-8-5-4-6-9-15/h3-6,8-9H,1,7,10-14H2,2H3. The molecule has 0 radical (unpaired) electrons. The molecule has 1 aliphatic rings. The fraction of sp³-hybridized carbons (Fsp3) is 0.471. The number of hydrogen-bond donors (Lipinski definition) is 0. The number of ether oxygens (including phenoxy) is 1. The summed E-state index contributed by atoms with van der Waals surface area (Å²) < 4.78 is 5.40. The number of benzene rings is 1. The average Bonchev–Trinajstić information content (AvgIpc) is 2.46. The van der Waals surface area contributed by atoms with E-state index in [1.807, 2.05) is 41.3 Å². The van der Waals surface area contributed by atoms with E-state index >= 15 is 0 Å². The van der Waals surface area contributed by atoms with Crippen LogP contribution in [0, 0.1) is 5.41 Å². The van der Waals surface area contributed by atoms with Gasteiger partial charge < -0.3 is 9.64 Å². The normalized spacial score (nSPS) is 22.4. The highest BCUT2D eigenvalue weighted by Gasteiger charge is 2.32. The number of amides is 1. The van der Waals surface area contributed by atoms with E-state index in [9.17, 15) is 4.79 Å². The van der Waals surface area contributed by atoms with Crippen molar-refractivity contribution in [2.24, 2.45) is 5.41 Å². The largest absolute Gasteiger partial charge is 0.445 e. The second kappa shape index (κ2) is 6.60. The van der Waals surface area contributed by atoms with Crippen molar-refractivity contribution in [2.45, 2.75) is 32.8 Å². The molecule has 0 aromatic heterocycles. The predicted molar refractivity (Wildman–Crippen MR) is 80.4 cm³/mol. The molecule has 3 nitrogen and oxygen atoms in total. The molecule has 0 N–H and O–H groups in total. The SMILES string of the molecule is C=CCC1(C)CCCN(C(=O)OCc2ccccc2)C1. The van der Waals surface area contributed by atoms with Crippen molar-refractivity contribution in [1.82, 2.24) is 4.90 Å². The Bertz CT molecular complexity index is 457. The van der Waals surface area contributed by atoms with Gasteiger partial charge in [-0.3, -0.25) is 0 Å². The third kappa shape index (κ3) is 3.86. The van der Waals surface area contributed by atoms with E-state index in [1.54, 1.807) is 0 Å². The van der Waals surface area contributed by atoms with Gasteiger partial charge in [0.25, 0.3) is 0 Å². The summed E-state index contributed by atoms with van der Waals surface area (Å²) in [7, 11) is 0. The maximum Gasteiger partial charge on any atom is 0.410 e. The van der Waals surface area contributed by atoms with E-state index in [-0.39, 0.29) is 11.5 Å². The van der Waals surface area contributed by atoms with E-state index in [0.29, 0.717) is 6.61 Å². The van der Waals surface area contributed by atoms with Crippen molar-refractivity contribution in [3.8, 4) is 0 Å². The Morgan fingerprint density at radius 1 is 1.45 bits per heavy atom. The maximum absolute atomic E-state index is 12.1. The van der Waals surface area contributed by atoms with Crippen molar-refractivity contribution in [2.75, 3.05) is 13.1 Å². The molecule has 0 spiro atoms. The van der Waals surface area contributed by atoms with Crippen LogP contribution in [0.25, 0.3) is 0 Å². The Labute approximate surface area is 121 Å². The lowest BCUT2D eigenvalue weighted by molar-refractivity contribution is 0.0582. The van der Waals surface area contributed by atoms with Crippen LogP contribution in [0.4, 0.5) is 4.79 Å². The second-order valence-electron chi connectivity index (χ2n) is 5.87. The molecule has 1 amide bonds. The Balaban J connectivity index is 1.87. The molecule has 1 unspecified atom stereocenters. The van der Waals surface area contributed by atoms with E-state index in [4.69, 9.17) is 4.74 Å². The molecule has 108 valence electrons. The minimum absolute atomic E-state index is 0.145. The van der Waals surface area contributed by atoms with Gasteiger partial charge in [0.05, 0.1) is 0 Å². The minimum Gasteiger partial charge on any atom is -0.445 e. The van der Waals surface area contributed by atoms with Crippen LogP contribution in [0.5, 0.6) is 0 Å². The molecular weight excluding hydrogens is 250 g/mol. The van der Waals surface area contributed by atoms with Crippen LogP contribution in [0.1, 0.15) is 31.7 Å². The number of carbonyl (C=O) groups excluding carboxylic acids is 1. The molecule has 0 saturated carbocycles. The molecule has 0 bridgehead atoms. The molecule has 1 aromatic carbocycles. The van der Waals surface area contributed by atoms with Crippen molar-refractivity contribution < 1.29 is 9.53 Å². The first-order valence-corrected chi connectivity index (χ1v) is 7.19. The highest BCUT2D eigenvalue weighted by Crippen LogP contribution is 2.33. The molecule has 20 heavy (non-hydrogen) atoms. The summed E-state index contributed by atoms with van der Waals surface area (Å²) in [5, 5.41) is 0. The maximum atomic E-state index is 12.1. The third-order valence-corrected chi connectivity index (χ3v) is 3.88. The zero-order valence-electron chi connectivity index (χ0n) is 12.2. The van der Waals surface area contributed by atoms with E-state index < -0.39 is 0 Å². The summed E-state index contributed by atoms with van der Waals surface area (Å²) in [6.45, 7) is 7.92. The minimum atomic E-state index is -0.205. The Morgan fingerprint density at radius 3 is 2.90 bits per heavy atom. The van der Waals surface area contributed by atoms with Crippen LogP contribution in [-0.2, 0) is 11.3 Å². The topological polar surface area (TPSA) is 29.5 Å². The second-order valence-corrected chi connectivity index (χ2v) is 5.87. The van der Waals surface area contributed by atoms with Gasteiger partial charge in [-0.1, -0.05) is 43.3 Å². The van der Waals surface area contributed by atoms with Gasteiger partial charge in [0.15, 0.2) is 0 Å². The van der Waals surface area contributed by atoms with Crippen LogP contribution in [0.15, 0.2) is 43.0 Å². The third-order valence-electron chi connectivity index (χ3n) is 3.88. The van der Waals surface area contributed by atoms with Crippen molar-refractivity contribution >= 4 is 6.09 Å². The smallest absolute Gasteiger partial charge is 0.410 e. The highest BCUT2D eigenvalue weighted by molar-refractivity contribution is 5.67. The fourth-order valence-corrected chi connectivity index (χ4v) is 2.80. The quantitative estimate of drug-likeness (QED) is 0.776. The number of carbonyl (C=O) groups is 1. The molecular formula is C17H23NO2. The number of rotatable bonds is 4. The highest BCUT2D eigenvalue weighted by atomic mass is 16.6. The lowest BCUT2D eigenvalue weighted by Gasteiger charge is -2.39. The lowest BCUT2D eigenvalue weighted by atomic mass is 9.79. The van der Waals surface area contributed by atoms with Crippen LogP contribution in [-0.4, -0.2) is 24.1 Å². The first-order valence-electron chi connectivity index (χ1n) is 7.19. The molecule has 0 aliphatic carbocycles. The number of likely N-dealkylation sites (tertiary alicyclic amines) is 1. The molecule has 2 rings (SSSR count). The molecule has 1 atom stereocenters. The zero-order valence-corrected chi connectivity index (χ0v) is 12.2. The summed E-state index contributed by atoms with van der Waals surface area (Å²) in [4.78, 5) is 14.0. The van der Waals surface area contributed by atoms with Crippen molar-refractivity contribution in [1.29, 1.82) is 0 Å². The Kier molecular flexibility index (Phi) is 4.83. The van der Waals surface area contributed by atoms with E-state index in [0.717, 1.165) is 37.9 Å². The van der Waals surface area contributed by atoms with E-state index in [1.165, 1.54) is 0 Å². The lowest BCUT2D eigenvalue weighted by Crippen LogP contribution is -2.44. The van der Waals surface area contributed by atoms with Crippen LogP contribution < -0.4 is 0 Å². The number of nitrogens with zero attached hydrogens (tertiary/aromatic N) is 1. The number of hydrogen-bond acceptors (Lipinski definition) is 2. The first kappa shape index (κ1) is 14.6. The molecule has 1 saturated heterocycles. The van der Waals surface area contributed by atoms with Gasteiger partial charge in [0.1, 0.15) is 6.61 Å². The van der Waals surface area contributed by atoms with Gasteiger partial charge in [0, 0.05) is 13.1 Å². The Morgan fingerprint density at radius 2 is 2.20 bits per heavy atom. The van der Waals surface area contributed by atoms with Gasteiger partial charge in [-0.05, 0) is 30.2 Å². The summed E-state index contributed by atoms with van der Waals surface area (Å²) in [6.07, 6.45) is 4.85. The van der Waals surface area contributed by atoms with Crippen LogP contribution in [0.3, 0.4) is 0 Å². The van der Waals surface area contributed by atoms with Crippen molar-refractivity contribution in [3.63, 3.8) is 0 Å². The van der Waals surface area contributed by atoms with E-state index in [2.05, 4.69) is 13.5 Å². The van der Waals surface area contributed by atoms with Crippen LogP contribution >= 0.6 is 0 Å². The summed E-state index contributed by atoms with van der Waals surface area (Å²) >= 11 is 0. The Hall–Kier alpha value is -1.77. The predicted octanol–water partition coefficient (Wildman–Crippen LogP) is 4.00. The molecule has 1 fully saturated rings. The summed E-state index contributed by atoms with van der Waals surface area (Å²) in [5.74, 6) is 0. The molecule has 1 aromatic rings.